The standard InChI is InChI=1S/C19H22O3/c1-15(2)13-21-14-22-19(17-11-7-4-8-12-17)18(20)16-9-5-3-6-10-16/h3-12,15,19H,13-14H2,1-2H3. The van der Waals surface area contributed by atoms with E-state index in [4.69, 9.17) is 9.47 Å². The van der Waals surface area contributed by atoms with E-state index in [0.29, 0.717) is 18.1 Å². The molecule has 0 aliphatic carbocycles. The molecule has 1 unspecified atom stereocenters. The summed E-state index contributed by atoms with van der Waals surface area (Å²) >= 11 is 0. The van der Waals surface area contributed by atoms with Gasteiger partial charge in [-0.05, 0) is 11.5 Å². The lowest BCUT2D eigenvalue weighted by atomic mass is 10.00. The molecule has 0 heterocycles. The number of carbonyl (C=O) groups excluding carboxylic acids is 1. The highest BCUT2D eigenvalue weighted by Crippen LogP contribution is 2.22. The SMILES string of the molecule is CC(C)COCOC(C(=O)c1ccccc1)c1ccccc1. The molecule has 22 heavy (non-hydrogen) atoms. The number of ether oxygens (including phenoxy) is 2. The minimum atomic E-state index is -0.643. The van der Waals surface area contributed by atoms with Crippen LogP contribution in [0.25, 0.3) is 0 Å². The monoisotopic (exact) mass is 298 g/mol. The van der Waals surface area contributed by atoms with Crippen LogP contribution in [0.2, 0.25) is 0 Å². The van der Waals surface area contributed by atoms with Crippen LogP contribution in [-0.2, 0) is 9.47 Å². The normalized spacial score (nSPS) is 12.3. The first-order valence-electron chi connectivity index (χ1n) is 7.52. The van der Waals surface area contributed by atoms with Crippen molar-refractivity contribution < 1.29 is 14.3 Å². The van der Waals surface area contributed by atoms with Gasteiger partial charge in [0.05, 0.1) is 6.61 Å². The summed E-state index contributed by atoms with van der Waals surface area (Å²) in [5.41, 5.74) is 1.48. The van der Waals surface area contributed by atoms with Gasteiger partial charge in [0.2, 0.25) is 0 Å². The summed E-state index contributed by atoms with van der Waals surface area (Å²) in [6.07, 6.45) is -0.643. The molecule has 116 valence electrons. The third-order valence-electron chi connectivity index (χ3n) is 3.17. The lowest BCUT2D eigenvalue weighted by Gasteiger charge is -2.18. The second-order valence-corrected chi connectivity index (χ2v) is 5.57. The molecule has 0 aliphatic heterocycles. The van der Waals surface area contributed by atoms with Crippen LogP contribution in [0.1, 0.15) is 35.9 Å². The lowest BCUT2D eigenvalue weighted by Crippen LogP contribution is -2.18. The second-order valence-electron chi connectivity index (χ2n) is 5.57. The van der Waals surface area contributed by atoms with Crippen LogP contribution in [0.4, 0.5) is 0 Å². The Bertz CT molecular complexity index is 564. The first-order valence-corrected chi connectivity index (χ1v) is 7.52. The maximum atomic E-state index is 12.7. The summed E-state index contributed by atoms with van der Waals surface area (Å²) < 4.78 is 11.2. The van der Waals surface area contributed by atoms with Crippen LogP contribution in [0, 0.1) is 5.92 Å². The third-order valence-corrected chi connectivity index (χ3v) is 3.17. The van der Waals surface area contributed by atoms with Gasteiger partial charge in [0.1, 0.15) is 12.9 Å². The van der Waals surface area contributed by atoms with Crippen molar-refractivity contribution in [1.29, 1.82) is 0 Å². The van der Waals surface area contributed by atoms with E-state index in [-0.39, 0.29) is 12.6 Å². The Hall–Kier alpha value is -1.97. The molecule has 0 amide bonds. The van der Waals surface area contributed by atoms with Gasteiger partial charge in [-0.2, -0.15) is 0 Å². The van der Waals surface area contributed by atoms with Crippen molar-refractivity contribution in [3.8, 4) is 0 Å². The largest absolute Gasteiger partial charge is 0.355 e. The number of carbonyl (C=O) groups is 1. The van der Waals surface area contributed by atoms with E-state index in [0.717, 1.165) is 5.56 Å². The van der Waals surface area contributed by atoms with Crippen molar-refractivity contribution in [3.63, 3.8) is 0 Å². The third kappa shape index (κ3) is 4.79. The molecule has 0 saturated heterocycles. The Morgan fingerprint density at radius 2 is 1.55 bits per heavy atom. The zero-order valence-corrected chi connectivity index (χ0v) is 13.1. The minimum Gasteiger partial charge on any atom is -0.355 e. The maximum absolute atomic E-state index is 12.7. The Balaban J connectivity index is 2.10. The van der Waals surface area contributed by atoms with E-state index in [1.54, 1.807) is 12.1 Å². The van der Waals surface area contributed by atoms with E-state index in [2.05, 4.69) is 13.8 Å². The number of hydrogen-bond donors (Lipinski definition) is 0. The molecule has 2 aromatic rings. The molecule has 0 radical (unpaired) electrons. The van der Waals surface area contributed by atoms with Crippen molar-refractivity contribution in [2.45, 2.75) is 20.0 Å². The average molecular weight is 298 g/mol. The lowest BCUT2D eigenvalue weighted by molar-refractivity contribution is -0.0856. The highest BCUT2D eigenvalue weighted by atomic mass is 16.7. The van der Waals surface area contributed by atoms with Gasteiger partial charge in [-0.25, -0.2) is 0 Å². The maximum Gasteiger partial charge on any atom is 0.196 e. The van der Waals surface area contributed by atoms with Crippen molar-refractivity contribution >= 4 is 5.78 Å². The minimum absolute atomic E-state index is 0.0556. The molecule has 0 aromatic heterocycles. The number of Topliss-reactive ketones (excluding diaryl/α,β-unsaturated/α-hetero) is 1. The molecule has 0 spiro atoms. The van der Waals surface area contributed by atoms with Gasteiger partial charge in [0, 0.05) is 5.56 Å². The summed E-state index contributed by atoms with van der Waals surface area (Å²) in [6, 6.07) is 18.7. The number of rotatable bonds is 8. The molecule has 1 atom stereocenters. The van der Waals surface area contributed by atoms with Crippen molar-refractivity contribution in [2.24, 2.45) is 5.92 Å². The predicted octanol–water partition coefficient (Wildman–Crippen LogP) is 4.26. The first-order chi connectivity index (χ1) is 10.7. The molecule has 2 aromatic carbocycles. The quantitative estimate of drug-likeness (QED) is 0.415. The highest BCUT2D eigenvalue weighted by Gasteiger charge is 2.22. The fraction of sp³-hybridized carbons (Fsp3) is 0.316. The Morgan fingerprint density at radius 1 is 0.955 bits per heavy atom. The van der Waals surface area contributed by atoms with Crippen LogP contribution in [0.3, 0.4) is 0 Å². The van der Waals surface area contributed by atoms with Gasteiger partial charge in [-0.15, -0.1) is 0 Å². The van der Waals surface area contributed by atoms with E-state index < -0.39 is 6.10 Å². The molecule has 2 rings (SSSR count). The smallest absolute Gasteiger partial charge is 0.196 e. The molecule has 0 fully saturated rings. The summed E-state index contributed by atoms with van der Waals surface area (Å²) in [5, 5.41) is 0. The van der Waals surface area contributed by atoms with Gasteiger partial charge in [0.25, 0.3) is 0 Å². The zero-order valence-electron chi connectivity index (χ0n) is 13.1. The van der Waals surface area contributed by atoms with Crippen LogP contribution >= 0.6 is 0 Å². The summed E-state index contributed by atoms with van der Waals surface area (Å²) in [5.74, 6) is 0.378. The molecular weight excluding hydrogens is 276 g/mol. The van der Waals surface area contributed by atoms with E-state index >= 15 is 0 Å². The summed E-state index contributed by atoms with van der Waals surface area (Å²) in [6.45, 7) is 4.87. The van der Waals surface area contributed by atoms with E-state index in [9.17, 15) is 4.79 Å². The molecule has 0 N–H and O–H groups in total. The van der Waals surface area contributed by atoms with Gasteiger partial charge in [0.15, 0.2) is 5.78 Å². The Kier molecular flexibility index (Phi) is 6.31. The molecule has 0 bridgehead atoms. The molecule has 3 heteroatoms. The second kappa shape index (κ2) is 8.47. The molecule has 0 saturated carbocycles. The van der Waals surface area contributed by atoms with Crippen LogP contribution in [0.15, 0.2) is 60.7 Å². The number of hydrogen-bond acceptors (Lipinski definition) is 3. The van der Waals surface area contributed by atoms with E-state index in [1.165, 1.54) is 0 Å². The number of benzene rings is 2. The van der Waals surface area contributed by atoms with Crippen molar-refractivity contribution in [1.82, 2.24) is 0 Å². The van der Waals surface area contributed by atoms with Gasteiger partial charge >= 0.3 is 0 Å². The fourth-order valence-electron chi connectivity index (χ4n) is 2.10. The summed E-state index contributed by atoms with van der Waals surface area (Å²) in [4.78, 5) is 12.7. The van der Waals surface area contributed by atoms with Crippen LogP contribution in [0.5, 0.6) is 0 Å². The van der Waals surface area contributed by atoms with Gasteiger partial charge < -0.3 is 9.47 Å². The summed E-state index contributed by atoms with van der Waals surface area (Å²) in [7, 11) is 0. The number of ketones is 1. The Morgan fingerprint density at radius 3 is 2.14 bits per heavy atom. The molecule has 0 aliphatic rings. The van der Waals surface area contributed by atoms with E-state index in [1.807, 2.05) is 48.5 Å². The van der Waals surface area contributed by atoms with Gasteiger partial charge in [-0.1, -0.05) is 74.5 Å². The average Bonchev–Trinajstić information content (AvgIpc) is 2.56. The predicted molar refractivity (Wildman–Crippen MR) is 86.7 cm³/mol. The van der Waals surface area contributed by atoms with Crippen molar-refractivity contribution in [2.75, 3.05) is 13.4 Å². The zero-order chi connectivity index (χ0) is 15.8. The van der Waals surface area contributed by atoms with Crippen LogP contribution in [-0.4, -0.2) is 19.2 Å². The molecular formula is C19H22O3. The highest BCUT2D eigenvalue weighted by molar-refractivity contribution is 6.00. The first kappa shape index (κ1) is 16.4. The Labute approximate surface area is 131 Å². The fourth-order valence-corrected chi connectivity index (χ4v) is 2.10. The molecule has 3 nitrogen and oxygen atoms in total. The van der Waals surface area contributed by atoms with Gasteiger partial charge in [-0.3, -0.25) is 4.79 Å². The topological polar surface area (TPSA) is 35.5 Å². The van der Waals surface area contributed by atoms with Crippen LogP contribution < -0.4 is 0 Å². The van der Waals surface area contributed by atoms with Crippen molar-refractivity contribution in [3.05, 3.63) is 71.8 Å².